The van der Waals surface area contributed by atoms with Gasteiger partial charge in [-0.15, -0.1) is 0 Å². The van der Waals surface area contributed by atoms with Crippen molar-refractivity contribution in [3.05, 3.63) is 65.2 Å². The first-order valence-corrected chi connectivity index (χ1v) is 9.68. The second-order valence-electron chi connectivity index (χ2n) is 6.41. The van der Waals surface area contributed by atoms with E-state index < -0.39 is 5.54 Å². The lowest BCUT2D eigenvalue weighted by molar-refractivity contribution is -0.121. The van der Waals surface area contributed by atoms with Crippen LogP contribution in [0.3, 0.4) is 0 Å². The van der Waals surface area contributed by atoms with Gasteiger partial charge in [0.1, 0.15) is 5.54 Å². The van der Waals surface area contributed by atoms with E-state index in [1.807, 2.05) is 90.1 Å². The smallest absolute Gasteiger partial charge is 0.323 e. The van der Waals surface area contributed by atoms with Crippen LogP contribution < -0.4 is 10.2 Å². The number of carbonyl (C=O) groups excluding carboxylic acids is 2. The van der Waals surface area contributed by atoms with E-state index >= 15 is 0 Å². The molecule has 0 radical (unpaired) electrons. The van der Waals surface area contributed by atoms with Crippen molar-refractivity contribution in [1.82, 2.24) is 5.32 Å². The van der Waals surface area contributed by atoms with Gasteiger partial charge >= 0.3 is 6.03 Å². The molecule has 0 aliphatic carbocycles. The van der Waals surface area contributed by atoms with E-state index in [4.69, 9.17) is 0 Å². The lowest BCUT2D eigenvalue weighted by Gasteiger charge is -2.22. The predicted octanol–water partition coefficient (Wildman–Crippen LogP) is 5.41. The van der Waals surface area contributed by atoms with Crippen molar-refractivity contribution < 1.29 is 9.59 Å². The molecule has 3 amide bonds. The number of amides is 3. The molecule has 4 nitrogen and oxygen atoms in total. The highest BCUT2D eigenvalue weighted by Gasteiger charge is 2.48. The number of hydrogen-bond acceptors (Lipinski definition) is 2. The van der Waals surface area contributed by atoms with E-state index in [-0.39, 0.29) is 11.9 Å². The Bertz CT molecular complexity index is 751. The van der Waals surface area contributed by atoms with Crippen LogP contribution >= 0.6 is 0 Å². The van der Waals surface area contributed by atoms with Crippen molar-refractivity contribution in [1.29, 1.82) is 0 Å². The van der Waals surface area contributed by atoms with Crippen LogP contribution in [-0.4, -0.2) is 17.5 Å². The van der Waals surface area contributed by atoms with Crippen molar-refractivity contribution in [3.63, 3.8) is 0 Å². The molecular weight excluding hydrogens is 336 g/mol. The van der Waals surface area contributed by atoms with Gasteiger partial charge in [-0.1, -0.05) is 64.1 Å². The van der Waals surface area contributed by atoms with Gasteiger partial charge in [-0.05, 0) is 49.6 Å². The SMILES string of the molecule is CC.CC.Cc1cc(C)cc(N2C(=O)NC(C)(Cc3ccccc3)C2=O)c1. The fourth-order valence-electron chi connectivity index (χ4n) is 3.12. The van der Waals surface area contributed by atoms with Crippen LogP contribution in [0.2, 0.25) is 0 Å². The summed E-state index contributed by atoms with van der Waals surface area (Å²) in [6.07, 6.45) is 0.472. The minimum Gasteiger partial charge on any atom is -0.323 e. The van der Waals surface area contributed by atoms with Crippen molar-refractivity contribution in [2.24, 2.45) is 0 Å². The number of anilines is 1. The third-order valence-electron chi connectivity index (χ3n) is 4.13. The molecule has 146 valence electrons. The molecule has 1 aliphatic rings. The van der Waals surface area contributed by atoms with E-state index in [0.717, 1.165) is 16.7 Å². The Labute approximate surface area is 163 Å². The third-order valence-corrected chi connectivity index (χ3v) is 4.13. The highest BCUT2D eigenvalue weighted by Crippen LogP contribution is 2.28. The van der Waals surface area contributed by atoms with Gasteiger partial charge in [0.25, 0.3) is 5.91 Å². The molecule has 1 aliphatic heterocycles. The quantitative estimate of drug-likeness (QED) is 0.736. The number of aryl methyl sites for hydroxylation is 2. The molecule has 1 unspecified atom stereocenters. The molecule has 4 heteroatoms. The minimum atomic E-state index is -0.921. The average Bonchev–Trinajstić information content (AvgIpc) is 2.87. The zero-order valence-corrected chi connectivity index (χ0v) is 17.6. The summed E-state index contributed by atoms with van der Waals surface area (Å²) in [5.74, 6) is -0.212. The maximum atomic E-state index is 12.9. The van der Waals surface area contributed by atoms with E-state index in [1.165, 1.54) is 4.90 Å². The summed E-state index contributed by atoms with van der Waals surface area (Å²) in [6, 6.07) is 15.1. The summed E-state index contributed by atoms with van der Waals surface area (Å²) in [4.78, 5) is 26.6. The first kappa shape index (κ1) is 22.4. The number of hydrogen-bond donors (Lipinski definition) is 1. The molecular formula is C23H32N2O2. The fourth-order valence-corrected chi connectivity index (χ4v) is 3.12. The number of imide groups is 1. The molecule has 1 fully saturated rings. The van der Waals surface area contributed by atoms with Gasteiger partial charge in [-0.3, -0.25) is 4.79 Å². The normalized spacial score (nSPS) is 18.1. The molecule has 1 atom stereocenters. The number of rotatable bonds is 3. The van der Waals surface area contributed by atoms with Gasteiger partial charge in [0.15, 0.2) is 0 Å². The van der Waals surface area contributed by atoms with E-state index in [0.29, 0.717) is 12.1 Å². The standard InChI is InChI=1S/C19H20N2O2.2C2H6/c1-13-9-14(2)11-16(10-13)21-17(22)19(3,20-18(21)23)12-15-7-5-4-6-8-15;2*1-2/h4-11H,12H2,1-3H3,(H,20,23);2*1-2H3. The first-order chi connectivity index (χ1) is 12.9. The minimum absolute atomic E-state index is 0.212. The Morgan fingerprint density at radius 3 is 1.93 bits per heavy atom. The summed E-state index contributed by atoms with van der Waals surface area (Å²) in [5, 5.41) is 2.85. The van der Waals surface area contributed by atoms with Crippen LogP contribution in [0.5, 0.6) is 0 Å². The van der Waals surface area contributed by atoms with Crippen LogP contribution in [0, 0.1) is 13.8 Å². The van der Waals surface area contributed by atoms with Gasteiger partial charge in [-0.2, -0.15) is 0 Å². The topological polar surface area (TPSA) is 49.4 Å². The van der Waals surface area contributed by atoms with Crippen molar-refractivity contribution in [3.8, 4) is 0 Å². The highest BCUT2D eigenvalue weighted by molar-refractivity contribution is 6.23. The maximum Gasteiger partial charge on any atom is 0.329 e. The molecule has 1 heterocycles. The first-order valence-electron chi connectivity index (χ1n) is 9.68. The molecule has 0 aromatic heterocycles. The number of urea groups is 1. The average molecular weight is 369 g/mol. The number of benzene rings is 2. The van der Waals surface area contributed by atoms with Crippen LogP contribution in [0.1, 0.15) is 51.3 Å². The molecule has 0 bridgehead atoms. The van der Waals surface area contributed by atoms with Crippen LogP contribution in [0.4, 0.5) is 10.5 Å². The summed E-state index contributed by atoms with van der Waals surface area (Å²) < 4.78 is 0. The monoisotopic (exact) mass is 368 g/mol. The second kappa shape index (κ2) is 9.91. The Balaban J connectivity index is 0.000000855. The molecule has 1 N–H and O–H groups in total. The lowest BCUT2D eigenvalue weighted by Crippen LogP contribution is -2.46. The zero-order valence-electron chi connectivity index (χ0n) is 17.6. The Morgan fingerprint density at radius 1 is 0.889 bits per heavy atom. The summed E-state index contributed by atoms with van der Waals surface area (Å²) in [5.41, 5.74) is 2.78. The Morgan fingerprint density at radius 2 is 1.41 bits per heavy atom. The molecule has 2 aromatic rings. The fraction of sp³-hybridized carbons (Fsp3) is 0.391. The second-order valence-corrected chi connectivity index (χ2v) is 6.41. The molecule has 0 saturated carbocycles. The summed E-state index contributed by atoms with van der Waals surface area (Å²) in [7, 11) is 0. The van der Waals surface area contributed by atoms with Crippen LogP contribution in [0.25, 0.3) is 0 Å². The van der Waals surface area contributed by atoms with Crippen molar-refractivity contribution >= 4 is 17.6 Å². The van der Waals surface area contributed by atoms with Crippen LogP contribution in [0.15, 0.2) is 48.5 Å². The van der Waals surface area contributed by atoms with Crippen LogP contribution in [-0.2, 0) is 11.2 Å². The van der Waals surface area contributed by atoms with Crippen molar-refractivity contribution in [2.45, 2.75) is 60.4 Å². The molecule has 27 heavy (non-hydrogen) atoms. The number of nitrogens with one attached hydrogen (secondary N) is 1. The largest absolute Gasteiger partial charge is 0.329 e. The summed E-state index contributed by atoms with van der Waals surface area (Å²) >= 11 is 0. The zero-order chi connectivity index (χ0) is 20.6. The predicted molar refractivity (Wildman–Crippen MR) is 113 cm³/mol. The number of carbonyl (C=O) groups is 2. The molecule has 0 spiro atoms. The Hall–Kier alpha value is -2.62. The van der Waals surface area contributed by atoms with E-state index in [1.54, 1.807) is 6.92 Å². The van der Waals surface area contributed by atoms with Gasteiger partial charge in [-0.25, -0.2) is 9.69 Å². The molecule has 2 aromatic carbocycles. The maximum absolute atomic E-state index is 12.9. The van der Waals surface area contributed by atoms with E-state index in [2.05, 4.69) is 5.32 Å². The lowest BCUT2D eigenvalue weighted by atomic mass is 9.92. The third kappa shape index (κ3) is 5.19. The number of nitrogens with zero attached hydrogens (tertiary/aromatic N) is 1. The van der Waals surface area contributed by atoms with Gasteiger partial charge < -0.3 is 5.32 Å². The van der Waals surface area contributed by atoms with Gasteiger partial charge in [0.2, 0.25) is 0 Å². The Kier molecular flexibility index (Phi) is 8.23. The van der Waals surface area contributed by atoms with Gasteiger partial charge in [0.05, 0.1) is 5.69 Å². The molecule has 1 saturated heterocycles. The molecule has 3 rings (SSSR count). The highest BCUT2D eigenvalue weighted by atomic mass is 16.2. The van der Waals surface area contributed by atoms with Crippen molar-refractivity contribution in [2.75, 3.05) is 4.90 Å². The summed E-state index contributed by atoms with van der Waals surface area (Å²) in [6.45, 7) is 13.7. The van der Waals surface area contributed by atoms with Gasteiger partial charge in [0, 0.05) is 6.42 Å². The van der Waals surface area contributed by atoms with E-state index in [9.17, 15) is 9.59 Å².